The molecule has 1 heterocycles. The van der Waals surface area contributed by atoms with E-state index < -0.39 is 5.97 Å². The van der Waals surface area contributed by atoms with E-state index in [2.05, 4.69) is 31.1 Å². The van der Waals surface area contributed by atoms with Crippen molar-refractivity contribution >= 4 is 5.97 Å². The fourth-order valence-electron chi connectivity index (χ4n) is 1.59. The normalized spacial score (nSPS) is 12.9. The van der Waals surface area contributed by atoms with Gasteiger partial charge in [-0.2, -0.15) is 0 Å². The molecule has 1 unspecified atom stereocenters. The highest BCUT2D eigenvalue weighted by atomic mass is 16.4. The number of nitrogens with zero attached hydrogens (tertiary/aromatic N) is 1. The number of likely N-dealkylation sites (N-methyl/N-ethyl adjacent to an activating group) is 1. The molecule has 0 aliphatic rings. The van der Waals surface area contributed by atoms with Crippen LogP contribution in [0.25, 0.3) is 0 Å². The maximum atomic E-state index is 10.6. The fourth-order valence-corrected chi connectivity index (χ4v) is 1.59. The molecule has 102 valence electrons. The standard InChI is InChI=1S/C13H22N2O3/c1-4-10(2)15(3)8-7-14-9-11-5-6-12(18-11)13(16)17/h5-6,10,14H,4,7-9H2,1-3H3,(H,16,17). The summed E-state index contributed by atoms with van der Waals surface area (Å²) in [6.45, 7) is 6.74. The van der Waals surface area contributed by atoms with Gasteiger partial charge in [0, 0.05) is 19.1 Å². The smallest absolute Gasteiger partial charge is 0.371 e. The van der Waals surface area contributed by atoms with Crippen LogP contribution in [0.4, 0.5) is 0 Å². The summed E-state index contributed by atoms with van der Waals surface area (Å²) < 4.78 is 5.15. The predicted molar refractivity (Wildman–Crippen MR) is 69.8 cm³/mol. The highest BCUT2D eigenvalue weighted by Crippen LogP contribution is 2.07. The van der Waals surface area contributed by atoms with Crippen LogP contribution >= 0.6 is 0 Å². The number of hydrogen-bond donors (Lipinski definition) is 2. The van der Waals surface area contributed by atoms with Gasteiger partial charge in [-0.15, -0.1) is 0 Å². The van der Waals surface area contributed by atoms with Gasteiger partial charge in [0.15, 0.2) is 0 Å². The molecule has 0 radical (unpaired) electrons. The molecule has 5 heteroatoms. The van der Waals surface area contributed by atoms with Crippen molar-refractivity contribution in [2.24, 2.45) is 0 Å². The lowest BCUT2D eigenvalue weighted by Crippen LogP contribution is -2.34. The van der Waals surface area contributed by atoms with Crippen molar-refractivity contribution in [2.75, 3.05) is 20.1 Å². The summed E-state index contributed by atoms with van der Waals surface area (Å²) in [5.41, 5.74) is 0. The number of furan rings is 1. The molecule has 1 aromatic heterocycles. The topological polar surface area (TPSA) is 65.7 Å². The lowest BCUT2D eigenvalue weighted by atomic mass is 10.2. The van der Waals surface area contributed by atoms with E-state index in [1.54, 1.807) is 6.07 Å². The van der Waals surface area contributed by atoms with Crippen LogP contribution < -0.4 is 5.32 Å². The van der Waals surface area contributed by atoms with E-state index in [4.69, 9.17) is 9.52 Å². The molecule has 18 heavy (non-hydrogen) atoms. The van der Waals surface area contributed by atoms with Gasteiger partial charge in [0.1, 0.15) is 5.76 Å². The SMILES string of the molecule is CCC(C)N(C)CCNCc1ccc(C(=O)O)o1. The second kappa shape index (κ2) is 7.18. The summed E-state index contributed by atoms with van der Waals surface area (Å²) >= 11 is 0. The van der Waals surface area contributed by atoms with Crippen LogP contribution in [-0.2, 0) is 6.54 Å². The Bertz CT molecular complexity index is 376. The van der Waals surface area contributed by atoms with Crippen molar-refractivity contribution in [3.8, 4) is 0 Å². The van der Waals surface area contributed by atoms with Gasteiger partial charge in [0.05, 0.1) is 6.54 Å². The van der Waals surface area contributed by atoms with Crippen molar-refractivity contribution in [3.05, 3.63) is 23.7 Å². The monoisotopic (exact) mass is 254 g/mol. The average Bonchev–Trinajstić information content (AvgIpc) is 2.82. The molecule has 0 saturated carbocycles. The summed E-state index contributed by atoms with van der Waals surface area (Å²) in [4.78, 5) is 12.9. The van der Waals surface area contributed by atoms with E-state index in [0.717, 1.165) is 19.5 Å². The lowest BCUT2D eigenvalue weighted by Gasteiger charge is -2.23. The van der Waals surface area contributed by atoms with Crippen molar-refractivity contribution in [2.45, 2.75) is 32.9 Å². The molecule has 0 fully saturated rings. The van der Waals surface area contributed by atoms with Gasteiger partial charge in [-0.25, -0.2) is 4.79 Å². The molecule has 2 N–H and O–H groups in total. The minimum Gasteiger partial charge on any atom is -0.475 e. The molecule has 0 saturated heterocycles. The zero-order chi connectivity index (χ0) is 13.5. The Morgan fingerprint density at radius 2 is 2.28 bits per heavy atom. The Balaban J connectivity index is 2.23. The van der Waals surface area contributed by atoms with Gasteiger partial charge in [-0.05, 0) is 32.5 Å². The summed E-state index contributed by atoms with van der Waals surface area (Å²) in [7, 11) is 2.10. The quantitative estimate of drug-likeness (QED) is 0.692. The van der Waals surface area contributed by atoms with E-state index in [9.17, 15) is 4.79 Å². The van der Waals surface area contributed by atoms with E-state index in [1.165, 1.54) is 6.07 Å². The molecular weight excluding hydrogens is 232 g/mol. The predicted octanol–water partition coefficient (Wildman–Crippen LogP) is 1.80. The summed E-state index contributed by atoms with van der Waals surface area (Å²) in [6, 6.07) is 3.74. The molecule has 0 aliphatic carbocycles. The number of nitrogens with one attached hydrogen (secondary N) is 1. The largest absolute Gasteiger partial charge is 0.475 e. The second-order valence-corrected chi connectivity index (χ2v) is 4.49. The number of carbonyl (C=O) groups is 1. The molecule has 1 rings (SSSR count). The van der Waals surface area contributed by atoms with E-state index in [-0.39, 0.29) is 5.76 Å². The van der Waals surface area contributed by atoms with Crippen LogP contribution in [0.15, 0.2) is 16.5 Å². The first-order valence-electron chi connectivity index (χ1n) is 6.27. The van der Waals surface area contributed by atoms with Gasteiger partial charge < -0.3 is 19.7 Å². The summed E-state index contributed by atoms with van der Waals surface area (Å²) in [5, 5.41) is 11.9. The molecule has 0 aliphatic heterocycles. The van der Waals surface area contributed by atoms with E-state index in [1.807, 2.05) is 0 Å². The third kappa shape index (κ3) is 4.50. The maximum absolute atomic E-state index is 10.6. The number of carboxylic acid groups (broad SMARTS) is 1. The molecule has 0 bridgehead atoms. The minimum absolute atomic E-state index is 0.0106. The Hall–Kier alpha value is -1.33. The Morgan fingerprint density at radius 3 is 2.83 bits per heavy atom. The minimum atomic E-state index is -1.03. The Labute approximate surface area is 108 Å². The number of rotatable bonds is 8. The van der Waals surface area contributed by atoms with Gasteiger partial charge in [0.2, 0.25) is 5.76 Å². The number of carboxylic acids is 1. The highest BCUT2D eigenvalue weighted by Gasteiger charge is 2.09. The summed E-state index contributed by atoms with van der Waals surface area (Å²) in [5.74, 6) is -0.389. The fraction of sp³-hybridized carbons (Fsp3) is 0.615. The van der Waals surface area contributed by atoms with Crippen molar-refractivity contribution in [1.29, 1.82) is 0 Å². The van der Waals surface area contributed by atoms with Gasteiger partial charge in [0.25, 0.3) is 0 Å². The maximum Gasteiger partial charge on any atom is 0.371 e. The third-order valence-electron chi connectivity index (χ3n) is 3.16. The van der Waals surface area contributed by atoms with Crippen LogP contribution in [0.3, 0.4) is 0 Å². The van der Waals surface area contributed by atoms with Gasteiger partial charge >= 0.3 is 5.97 Å². The lowest BCUT2D eigenvalue weighted by molar-refractivity contribution is 0.0660. The van der Waals surface area contributed by atoms with Crippen molar-refractivity contribution in [1.82, 2.24) is 10.2 Å². The average molecular weight is 254 g/mol. The molecule has 1 atom stereocenters. The van der Waals surface area contributed by atoms with Gasteiger partial charge in [-0.3, -0.25) is 0 Å². The third-order valence-corrected chi connectivity index (χ3v) is 3.16. The van der Waals surface area contributed by atoms with Crippen molar-refractivity contribution < 1.29 is 14.3 Å². The van der Waals surface area contributed by atoms with Crippen LogP contribution in [0.1, 0.15) is 36.6 Å². The molecule has 1 aromatic rings. The summed E-state index contributed by atoms with van der Waals surface area (Å²) in [6.07, 6.45) is 1.14. The Morgan fingerprint density at radius 1 is 1.56 bits per heavy atom. The molecular formula is C13H22N2O3. The molecule has 0 amide bonds. The molecule has 0 aromatic carbocycles. The van der Waals surface area contributed by atoms with Gasteiger partial charge in [-0.1, -0.05) is 6.92 Å². The first-order chi connectivity index (χ1) is 8.54. The number of aromatic carboxylic acids is 1. The first-order valence-corrected chi connectivity index (χ1v) is 6.27. The first kappa shape index (κ1) is 14.7. The highest BCUT2D eigenvalue weighted by molar-refractivity contribution is 5.84. The Kier molecular flexibility index (Phi) is 5.88. The van der Waals surface area contributed by atoms with E-state index >= 15 is 0 Å². The van der Waals surface area contributed by atoms with Crippen LogP contribution in [-0.4, -0.2) is 42.2 Å². The zero-order valence-electron chi connectivity index (χ0n) is 11.3. The van der Waals surface area contributed by atoms with E-state index in [0.29, 0.717) is 18.3 Å². The zero-order valence-corrected chi connectivity index (χ0v) is 11.3. The molecule has 5 nitrogen and oxygen atoms in total. The molecule has 0 spiro atoms. The van der Waals surface area contributed by atoms with Crippen LogP contribution in [0.2, 0.25) is 0 Å². The van der Waals surface area contributed by atoms with Crippen LogP contribution in [0, 0.1) is 0 Å². The van der Waals surface area contributed by atoms with Crippen molar-refractivity contribution in [3.63, 3.8) is 0 Å². The number of hydrogen-bond acceptors (Lipinski definition) is 4. The van der Waals surface area contributed by atoms with Crippen LogP contribution in [0.5, 0.6) is 0 Å². The second-order valence-electron chi connectivity index (χ2n) is 4.49.